The van der Waals surface area contributed by atoms with Gasteiger partial charge < -0.3 is 5.32 Å². The monoisotopic (exact) mass is 403 g/mol. The molecule has 3 rings (SSSR count). The zero-order chi connectivity index (χ0) is 19.8. The van der Waals surface area contributed by atoms with Gasteiger partial charge in [-0.15, -0.1) is 0 Å². The molecule has 0 aliphatic carbocycles. The summed E-state index contributed by atoms with van der Waals surface area (Å²) < 4.78 is 78.4. The lowest BCUT2D eigenvalue weighted by Crippen LogP contribution is -2.05. The fourth-order valence-electron chi connectivity index (χ4n) is 2.21. The SMILES string of the molecule is Fc1cc(F)c(Nc2cc(Cl)nc(-c3ccc(C(F)(F)F)cc3)n2)c(F)c1. The van der Waals surface area contributed by atoms with Crippen LogP contribution in [0, 0.1) is 17.5 Å². The van der Waals surface area contributed by atoms with Crippen LogP contribution >= 0.6 is 11.6 Å². The minimum atomic E-state index is -4.50. The number of nitrogens with one attached hydrogen (secondary N) is 1. The van der Waals surface area contributed by atoms with Crippen LogP contribution in [0.2, 0.25) is 5.15 Å². The Morgan fingerprint density at radius 2 is 1.44 bits per heavy atom. The van der Waals surface area contributed by atoms with Crippen molar-refractivity contribution in [2.75, 3.05) is 5.32 Å². The normalized spacial score (nSPS) is 11.5. The van der Waals surface area contributed by atoms with Crippen molar-refractivity contribution in [1.29, 1.82) is 0 Å². The van der Waals surface area contributed by atoms with Crippen LogP contribution in [0.4, 0.5) is 37.8 Å². The molecule has 0 amide bonds. The highest BCUT2D eigenvalue weighted by Gasteiger charge is 2.30. The maximum Gasteiger partial charge on any atom is 0.416 e. The van der Waals surface area contributed by atoms with E-state index in [2.05, 4.69) is 15.3 Å². The van der Waals surface area contributed by atoms with Crippen molar-refractivity contribution in [2.24, 2.45) is 0 Å². The topological polar surface area (TPSA) is 37.8 Å². The maximum atomic E-state index is 13.8. The van der Waals surface area contributed by atoms with Crippen molar-refractivity contribution in [3.05, 3.63) is 70.6 Å². The maximum absolute atomic E-state index is 13.8. The second-order valence-corrected chi connectivity index (χ2v) is 5.73. The standard InChI is InChI=1S/C17H8ClF6N3/c18-13-7-14(26-15-11(20)5-10(19)6-12(15)21)27-16(25-13)8-1-3-9(4-2-8)17(22,23)24/h1-7H,(H,25,26,27). The van der Waals surface area contributed by atoms with Crippen LogP contribution in [-0.2, 0) is 6.18 Å². The lowest BCUT2D eigenvalue weighted by Gasteiger charge is -2.11. The number of rotatable bonds is 3. The van der Waals surface area contributed by atoms with Crippen molar-refractivity contribution in [3.63, 3.8) is 0 Å². The second-order valence-electron chi connectivity index (χ2n) is 5.34. The largest absolute Gasteiger partial charge is 0.416 e. The molecule has 0 unspecified atom stereocenters. The van der Waals surface area contributed by atoms with Gasteiger partial charge in [0.1, 0.15) is 22.5 Å². The zero-order valence-corrected chi connectivity index (χ0v) is 13.8. The van der Waals surface area contributed by atoms with Crippen LogP contribution in [0.5, 0.6) is 0 Å². The minimum absolute atomic E-state index is 0.0679. The summed E-state index contributed by atoms with van der Waals surface area (Å²) in [5.41, 5.74) is -1.32. The van der Waals surface area contributed by atoms with E-state index in [4.69, 9.17) is 11.6 Å². The van der Waals surface area contributed by atoms with E-state index in [1.807, 2.05) is 0 Å². The molecule has 0 bridgehead atoms. The lowest BCUT2D eigenvalue weighted by molar-refractivity contribution is -0.137. The first-order valence-corrected chi connectivity index (χ1v) is 7.65. The smallest absolute Gasteiger partial charge is 0.335 e. The summed E-state index contributed by atoms with van der Waals surface area (Å²) in [6, 6.07) is 6.06. The van der Waals surface area contributed by atoms with Crippen LogP contribution in [0.15, 0.2) is 42.5 Å². The summed E-state index contributed by atoms with van der Waals surface area (Å²) >= 11 is 5.86. The highest BCUT2D eigenvalue weighted by Crippen LogP contribution is 2.31. The molecular formula is C17H8ClF6N3. The summed E-state index contributed by atoms with van der Waals surface area (Å²) in [6.07, 6.45) is -4.50. The van der Waals surface area contributed by atoms with Gasteiger partial charge in [-0.1, -0.05) is 23.7 Å². The Balaban J connectivity index is 1.96. The number of nitrogens with zero attached hydrogens (tertiary/aromatic N) is 2. The predicted octanol–water partition coefficient (Wildman–Crippen LogP) is 5.98. The van der Waals surface area contributed by atoms with E-state index < -0.39 is 34.9 Å². The van der Waals surface area contributed by atoms with Crippen LogP contribution in [0.1, 0.15) is 5.56 Å². The molecule has 0 radical (unpaired) electrons. The Labute approximate surface area is 153 Å². The average Bonchev–Trinajstić information content (AvgIpc) is 2.57. The van der Waals surface area contributed by atoms with E-state index in [1.165, 1.54) is 0 Å². The third-order valence-electron chi connectivity index (χ3n) is 3.43. The van der Waals surface area contributed by atoms with E-state index in [0.29, 0.717) is 12.1 Å². The first kappa shape index (κ1) is 19.0. The molecule has 0 aliphatic heterocycles. The van der Waals surface area contributed by atoms with Gasteiger partial charge in [0.15, 0.2) is 17.5 Å². The molecule has 0 aliphatic rings. The van der Waals surface area contributed by atoms with Gasteiger partial charge in [-0.05, 0) is 12.1 Å². The molecule has 10 heteroatoms. The molecule has 3 nitrogen and oxygen atoms in total. The van der Waals surface area contributed by atoms with Gasteiger partial charge in [0, 0.05) is 23.8 Å². The van der Waals surface area contributed by atoms with Gasteiger partial charge in [-0.2, -0.15) is 13.2 Å². The highest BCUT2D eigenvalue weighted by molar-refractivity contribution is 6.29. The number of halogens is 7. The lowest BCUT2D eigenvalue weighted by atomic mass is 10.1. The first-order valence-electron chi connectivity index (χ1n) is 7.27. The number of anilines is 2. The number of benzene rings is 2. The van der Waals surface area contributed by atoms with Gasteiger partial charge in [0.2, 0.25) is 0 Å². The third-order valence-corrected chi connectivity index (χ3v) is 3.62. The second kappa shape index (κ2) is 7.07. The van der Waals surface area contributed by atoms with E-state index in [0.717, 1.165) is 30.3 Å². The average molecular weight is 404 g/mol. The Hall–Kier alpha value is -2.81. The molecule has 0 saturated carbocycles. The van der Waals surface area contributed by atoms with E-state index in [1.54, 1.807) is 0 Å². The van der Waals surface area contributed by atoms with E-state index >= 15 is 0 Å². The fraction of sp³-hybridized carbons (Fsp3) is 0.0588. The van der Waals surface area contributed by atoms with Crippen molar-refractivity contribution in [2.45, 2.75) is 6.18 Å². The molecule has 0 saturated heterocycles. The molecule has 1 N–H and O–H groups in total. The summed E-state index contributed by atoms with van der Waals surface area (Å²) in [5, 5.41) is 2.20. The molecule has 1 aromatic heterocycles. The predicted molar refractivity (Wildman–Crippen MR) is 87.1 cm³/mol. The Bertz CT molecular complexity index is 966. The van der Waals surface area contributed by atoms with Crippen molar-refractivity contribution < 1.29 is 26.3 Å². The molecule has 0 atom stereocenters. The van der Waals surface area contributed by atoms with E-state index in [9.17, 15) is 26.3 Å². The van der Waals surface area contributed by atoms with Crippen molar-refractivity contribution >= 4 is 23.1 Å². The molecule has 0 fully saturated rings. The summed E-state index contributed by atoms with van der Waals surface area (Å²) in [4.78, 5) is 7.86. The summed E-state index contributed by atoms with van der Waals surface area (Å²) in [5.74, 6) is -3.69. The van der Waals surface area contributed by atoms with Crippen molar-refractivity contribution in [1.82, 2.24) is 9.97 Å². The first-order chi connectivity index (χ1) is 12.6. The number of alkyl halides is 3. The molecular weight excluding hydrogens is 396 g/mol. The van der Waals surface area contributed by atoms with Crippen LogP contribution in [0.25, 0.3) is 11.4 Å². The van der Waals surface area contributed by atoms with Gasteiger partial charge in [0.25, 0.3) is 0 Å². The van der Waals surface area contributed by atoms with Crippen LogP contribution in [0.3, 0.4) is 0 Å². The molecule has 3 aromatic rings. The minimum Gasteiger partial charge on any atom is -0.335 e. The Morgan fingerprint density at radius 1 is 0.852 bits per heavy atom. The molecule has 2 aromatic carbocycles. The van der Waals surface area contributed by atoms with Gasteiger partial charge >= 0.3 is 6.18 Å². The number of hydrogen-bond acceptors (Lipinski definition) is 3. The molecule has 140 valence electrons. The summed E-state index contributed by atoms with van der Waals surface area (Å²) in [6.45, 7) is 0. The van der Waals surface area contributed by atoms with Crippen LogP contribution < -0.4 is 5.32 Å². The fourth-order valence-corrected chi connectivity index (χ4v) is 2.39. The number of aromatic nitrogens is 2. The van der Waals surface area contributed by atoms with Gasteiger partial charge in [0.05, 0.1) is 5.56 Å². The highest BCUT2D eigenvalue weighted by atomic mass is 35.5. The molecule has 27 heavy (non-hydrogen) atoms. The van der Waals surface area contributed by atoms with Crippen LogP contribution in [-0.4, -0.2) is 9.97 Å². The zero-order valence-electron chi connectivity index (χ0n) is 13.1. The number of hydrogen-bond donors (Lipinski definition) is 1. The van der Waals surface area contributed by atoms with Gasteiger partial charge in [-0.25, -0.2) is 23.1 Å². The Kier molecular flexibility index (Phi) is 4.97. The Morgan fingerprint density at radius 3 is 2.00 bits per heavy atom. The third kappa shape index (κ3) is 4.30. The molecule has 1 heterocycles. The quantitative estimate of drug-likeness (QED) is 0.432. The summed E-state index contributed by atoms with van der Waals surface area (Å²) in [7, 11) is 0. The van der Waals surface area contributed by atoms with Gasteiger partial charge in [-0.3, -0.25) is 0 Å². The van der Waals surface area contributed by atoms with E-state index in [-0.39, 0.29) is 22.4 Å². The van der Waals surface area contributed by atoms with Crippen molar-refractivity contribution in [3.8, 4) is 11.4 Å². The molecule has 0 spiro atoms.